The van der Waals surface area contributed by atoms with Crippen LogP contribution in [-0.2, 0) is 17.7 Å². The lowest BCUT2D eigenvalue weighted by Crippen LogP contribution is -2.14. The zero-order chi connectivity index (χ0) is 13.5. The molecule has 19 heavy (non-hydrogen) atoms. The van der Waals surface area contributed by atoms with Crippen molar-refractivity contribution in [1.29, 1.82) is 0 Å². The highest BCUT2D eigenvalue weighted by molar-refractivity contribution is 5.41. The molecule has 0 saturated heterocycles. The minimum Gasteiger partial charge on any atom is -0.492 e. The first-order valence-corrected chi connectivity index (χ1v) is 6.02. The normalized spacial score (nSPS) is 10.6. The summed E-state index contributed by atoms with van der Waals surface area (Å²) in [5.74, 6) is 1.57. The number of hydrogen-bond acceptors (Lipinski definition) is 6. The number of benzene rings is 1. The van der Waals surface area contributed by atoms with Crippen molar-refractivity contribution in [1.82, 2.24) is 20.2 Å². The Morgan fingerprint density at radius 2 is 2.00 bits per heavy atom. The quantitative estimate of drug-likeness (QED) is 0.733. The van der Waals surface area contributed by atoms with Crippen LogP contribution >= 0.6 is 0 Å². The second-order valence-corrected chi connectivity index (χ2v) is 3.98. The zero-order valence-corrected chi connectivity index (χ0v) is 10.8. The predicted octanol–water partition coefficient (Wildman–Crippen LogP) is 0.523. The summed E-state index contributed by atoms with van der Waals surface area (Å²) in [5, 5.41) is 11.5. The van der Waals surface area contributed by atoms with E-state index in [4.69, 9.17) is 15.2 Å². The lowest BCUT2D eigenvalue weighted by molar-refractivity contribution is 0.198. The Bertz CT molecular complexity index is 497. The van der Waals surface area contributed by atoms with Gasteiger partial charge >= 0.3 is 0 Å². The van der Waals surface area contributed by atoms with Gasteiger partial charge in [-0.1, -0.05) is 0 Å². The molecule has 0 aliphatic heterocycles. The highest BCUT2D eigenvalue weighted by atomic mass is 16.5. The standard InChI is InChI=1S/C12H17N5O2/c1-18-8-6-12-14-15-16-17(12)7-9-19-11-4-2-10(13)3-5-11/h2-5H,6-9,13H2,1H3. The van der Waals surface area contributed by atoms with Crippen molar-refractivity contribution in [3.63, 3.8) is 0 Å². The summed E-state index contributed by atoms with van der Waals surface area (Å²) in [4.78, 5) is 0. The van der Waals surface area contributed by atoms with Crippen LogP contribution in [0.2, 0.25) is 0 Å². The Kier molecular flexibility index (Phi) is 4.68. The average molecular weight is 263 g/mol. The second-order valence-electron chi connectivity index (χ2n) is 3.98. The van der Waals surface area contributed by atoms with Crippen molar-refractivity contribution in [3.05, 3.63) is 30.1 Å². The first-order valence-electron chi connectivity index (χ1n) is 6.02. The maximum absolute atomic E-state index is 5.60. The highest BCUT2D eigenvalue weighted by Gasteiger charge is 2.05. The first-order chi connectivity index (χ1) is 9.29. The fourth-order valence-electron chi connectivity index (χ4n) is 1.58. The molecule has 0 spiro atoms. The number of nitrogens with zero attached hydrogens (tertiary/aromatic N) is 4. The van der Waals surface area contributed by atoms with Crippen molar-refractivity contribution in [2.45, 2.75) is 13.0 Å². The third-order valence-electron chi connectivity index (χ3n) is 2.59. The molecular weight excluding hydrogens is 246 g/mol. The molecule has 2 rings (SSSR count). The van der Waals surface area contributed by atoms with Gasteiger partial charge in [0.15, 0.2) is 5.82 Å². The Morgan fingerprint density at radius 1 is 1.21 bits per heavy atom. The Labute approximate surface area is 111 Å². The minimum atomic E-state index is 0.495. The van der Waals surface area contributed by atoms with E-state index >= 15 is 0 Å². The second kappa shape index (κ2) is 6.69. The van der Waals surface area contributed by atoms with Gasteiger partial charge in [-0.15, -0.1) is 5.10 Å². The number of tetrazole rings is 1. The zero-order valence-electron chi connectivity index (χ0n) is 10.8. The van der Waals surface area contributed by atoms with Gasteiger partial charge in [-0.3, -0.25) is 0 Å². The molecular formula is C12H17N5O2. The third-order valence-corrected chi connectivity index (χ3v) is 2.59. The van der Waals surface area contributed by atoms with Crippen molar-refractivity contribution in [3.8, 4) is 5.75 Å². The molecule has 0 radical (unpaired) electrons. The van der Waals surface area contributed by atoms with E-state index in [2.05, 4.69) is 15.5 Å². The molecule has 0 aliphatic carbocycles. The number of anilines is 1. The molecule has 1 heterocycles. The Hall–Kier alpha value is -2.15. The SMILES string of the molecule is COCCc1nnnn1CCOc1ccc(N)cc1. The molecule has 0 bridgehead atoms. The maximum atomic E-state index is 5.60. The fraction of sp³-hybridized carbons (Fsp3) is 0.417. The van der Waals surface area contributed by atoms with Crippen LogP contribution in [0, 0.1) is 0 Å². The van der Waals surface area contributed by atoms with Crippen molar-refractivity contribution >= 4 is 5.69 Å². The summed E-state index contributed by atoms with van der Waals surface area (Å²) in [5.41, 5.74) is 6.32. The monoisotopic (exact) mass is 263 g/mol. The summed E-state index contributed by atoms with van der Waals surface area (Å²) in [7, 11) is 1.65. The van der Waals surface area contributed by atoms with Gasteiger partial charge < -0.3 is 15.2 Å². The fourth-order valence-corrected chi connectivity index (χ4v) is 1.58. The molecule has 0 atom stereocenters. The van der Waals surface area contributed by atoms with Crippen LogP contribution < -0.4 is 10.5 Å². The van der Waals surface area contributed by atoms with Crippen LogP contribution in [0.5, 0.6) is 5.75 Å². The molecule has 7 heteroatoms. The van der Waals surface area contributed by atoms with E-state index in [1.807, 2.05) is 12.1 Å². The molecule has 1 aromatic carbocycles. The van der Waals surface area contributed by atoms with Crippen LogP contribution in [0.15, 0.2) is 24.3 Å². The summed E-state index contributed by atoms with van der Waals surface area (Å²) in [6.45, 7) is 1.69. The van der Waals surface area contributed by atoms with Gasteiger partial charge in [0, 0.05) is 19.2 Å². The van der Waals surface area contributed by atoms with Crippen LogP contribution in [0.4, 0.5) is 5.69 Å². The Balaban J connectivity index is 1.82. The van der Waals surface area contributed by atoms with Crippen LogP contribution in [0.3, 0.4) is 0 Å². The summed E-state index contributed by atoms with van der Waals surface area (Å²) < 4.78 is 12.3. The van der Waals surface area contributed by atoms with Gasteiger partial charge in [0.1, 0.15) is 12.4 Å². The van der Waals surface area contributed by atoms with E-state index in [9.17, 15) is 0 Å². The average Bonchev–Trinajstić information content (AvgIpc) is 2.86. The number of ether oxygens (including phenoxy) is 2. The molecule has 0 fully saturated rings. The smallest absolute Gasteiger partial charge is 0.153 e. The molecule has 1 aromatic heterocycles. The van der Waals surface area contributed by atoms with E-state index < -0.39 is 0 Å². The van der Waals surface area contributed by atoms with E-state index in [0.29, 0.717) is 26.2 Å². The maximum Gasteiger partial charge on any atom is 0.153 e. The topological polar surface area (TPSA) is 88.1 Å². The lowest BCUT2D eigenvalue weighted by Gasteiger charge is -2.07. The van der Waals surface area contributed by atoms with Crippen LogP contribution in [0.25, 0.3) is 0 Å². The van der Waals surface area contributed by atoms with Gasteiger partial charge in [-0.25, -0.2) is 4.68 Å². The van der Waals surface area contributed by atoms with Gasteiger partial charge in [0.2, 0.25) is 0 Å². The van der Waals surface area contributed by atoms with E-state index in [1.165, 1.54) is 0 Å². The van der Waals surface area contributed by atoms with Gasteiger partial charge in [-0.2, -0.15) is 0 Å². The van der Waals surface area contributed by atoms with Gasteiger partial charge in [0.05, 0.1) is 13.2 Å². The molecule has 2 N–H and O–H groups in total. The van der Waals surface area contributed by atoms with Crippen molar-refractivity contribution in [2.24, 2.45) is 0 Å². The number of aromatic nitrogens is 4. The van der Waals surface area contributed by atoms with Gasteiger partial charge in [-0.05, 0) is 34.7 Å². The molecule has 7 nitrogen and oxygen atoms in total. The van der Waals surface area contributed by atoms with E-state index in [-0.39, 0.29) is 0 Å². The van der Waals surface area contributed by atoms with Crippen molar-refractivity contribution in [2.75, 3.05) is 26.1 Å². The van der Waals surface area contributed by atoms with Crippen molar-refractivity contribution < 1.29 is 9.47 Å². The number of nitrogens with two attached hydrogens (primary N) is 1. The first kappa shape index (κ1) is 13.3. The predicted molar refractivity (Wildman–Crippen MR) is 69.7 cm³/mol. The Morgan fingerprint density at radius 3 is 2.74 bits per heavy atom. The number of nitrogen functional groups attached to an aromatic ring is 1. The van der Waals surface area contributed by atoms with Crippen LogP contribution in [-0.4, -0.2) is 40.5 Å². The highest BCUT2D eigenvalue weighted by Crippen LogP contribution is 2.12. The van der Waals surface area contributed by atoms with Gasteiger partial charge in [0.25, 0.3) is 0 Å². The minimum absolute atomic E-state index is 0.495. The van der Waals surface area contributed by atoms with Crippen LogP contribution in [0.1, 0.15) is 5.82 Å². The summed E-state index contributed by atoms with van der Waals surface area (Å²) >= 11 is 0. The lowest BCUT2D eigenvalue weighted by atomic mass is 10.3. The summed E-state index contributed by atoms with van der Waals surface area (Å²) in [6, 6.07) is 7.27. The van der Waals surface area contributed by atoms with E-state index in [1.54, 1.807) is 23.9 Å². The molecule has 0 saturated carbocycles. The molecule has 102 valence electrons. The number of hydrogen-bond donors (Lipinski definition) is 1. The molecule has 0 amide bonds. The largest absolute Gasteiger partial charge is 0.492 e. The van der Waals surface area contributed by atoms with E-state index in [0.717, 1.165) is 17.3 Å². The summed E-state index contributed by atoms with van der Waals surface area (Å²) in [6.07, 6.45) is 0.686. The molecule has 0 aliphatic rings. The molecule has 2 aromatic rings. The number of methoxy groups -OCH3 is 1. The number of rotatable bonds is 7. The third kappa shape index (κ3) is 3.92. The molecule has 0 unspecified atom stereocenters.